The first kappa shape index (κ1) is 17.1. The van der Waals surface area contributed by atoms with Crippen LogP contribution in [0.5, 0.6) is 11.5 Å². The molecule has 0 bridgehead atoms. The van der Waals surface area contributed by atoms with E-state index < -0.39 is 11.7 Å². The van der Waals surface area contributed by atoms with E-state index in [0.717, 1.165) is 28.7 Å². The molecule has 118 valence electrons. The number of nitrogens with one attached hydrogen (secondary N) is 1. The van der Waals surface area contributed by atoms with Gasteiger partial charge in [0.2, 0.25) is 0 Å². The highest BCUT2D eigenvalue weighted by Crippen LogP contribution is 2.32. The SMILES string of the molecule is CNCCc1ccc(Oc2ccc(C(F)(F)F)cc2)c(I)c1. The molecule has 0 aliphatic rings. The molecule has 0 fully saturated rings. The summed E-state index contributed by atoms with van der Waals surface area (Å²) in [7, 11) is 1.90. The molecule has 0 amide bonds. The smallest absolute Gasteiger partial charge is 0.416 e. The van der Waals surface area contributed by atoms with E-state index in [9.17, 15) is 13.2 Å². The molecule has 2 aromatic rings. The molecular formula is C16H15F3INO. The minimum absolute atomic E-state index is 0.383. The Balaban J connectivity index is 2.10. The Labute approximate surface area is 140 Å². The summed E-state index contributed by atoms with van der Waals surface area (Å²) in [6.45, 7) is 0.884. The molecule has 0 saturated carbocycles. The van der Waals surface area contributed by atoms with E-state index in [4.69, 9.17) is 4.74 Å². The molecule has 0 spiro atoms. The number of alkyl halides is 3. The van der Waals surface area contributed by atoms with Gasteiger partial charge < -0.3 is 10.1 Å². The van der Waals surface area contributed by atoms with Crippen LogP contribution in [0.25, 0.3) is 0 Å². The summed E-state index contributed by atoms with van der Waals surface area (Å²) < 4.78 is 44.1. The van der Waals surface area contributed by atoms with Crippen molar-refractivity contribution >= 4 is 22.6 Å². The van der Waals surface area contributed by atoms with E-state index in [1.807, 2.05) is 25.2 Å². The van der Waals surface area contributed by atoms with Crippen molar-refractivity contribution in [1.29, 1.82) is 0 Å². The number of likely N-dealkylation sites (N-methyl/N-ethyl adjacent to an activating group) is 1. The molecule has 0 aliphatic carbocycles. The van der Waals surface area contributed by atoms with Crippen molar-refractivity contribution in [3.63, 3.8) is 0 Å². The molecule has 0 atom stereocenters. The third-order valence-electron chi connectivity index (χ3n) is 3.07. The van der Waals surface area contributed by atoms with E-state index in [1.54, 1.807) is 0 Å². The van der Waals surface area contributed by atoms with Gasteiger partial charge in [-0.15, -0.1) is 0 Å². The zero-order chi connectivity index (χ0) is 16.2. The van der Waals surface area contributed by atoms with Gasteiger partial charge in [0.1, 0.15) is 11.5 Å². The molecule has 22 heavy (non-hydrogen) atoms. The van der Waals surface area contributed by atoms with Crippen LogP contribution in [0.2, 0.25) is 0 Å². The van der Waals surface area contributed by atoms with Crippen LogP contribution in [0.15, 0.2) is 42.5 Å². The minimum Gasteiger partial charge on any atom is -0.456 e. The highest BCUT2D eigenvalue weighted by molar-refractivity contribution is 14.1. The Bertz CT molecular complexity index is 626. The van der Waals surface area contributed by atoms with Gasteiger partial charge in [0, 0.05) is 0 Å². The van der Waals surface area contributed by atoms with Gasteiger partial charge in [-0.1, -0.05) is 6.07 Å². The quantitative estimate of drug-likeness (QED) is 0.697. The second-order valence-corrected chi connectivity index (χ2v) is 5.90. The number of halogens is 4. The number of hydrogen-bond acceptors (Lipinski definition) is 2. The lowest BCUT2D eigenvalue weighted by Crippen LogP contribution is -2.10. The Kier molecular flexibility index (Phi) is 5.69. The molecule has 0 aromatic heterocycles. The van der Waals surface area contributed by atoms with Crippen molar-refractivity contribution in [2.75, 3.05) is 13.6 Å². The lowest BCUT2D eigenvalue weighted by molar-refractivity contribution is -0.137. The highest BCUT2D eigenvalue weighted by atomic mass is 127. The maximum atomic E-state index is 12.5. The molecule has 1 N–H and O–H groups in total. The molecule has 2 nitrogen and oxygen atoms in total. The Hall–Kier alpha value is -1.28. The maximum Gasteiger partial charge on any atom is 0.416 e. The average Bonchev–Trinajstić information content (AvgIpc) is 2.47. The van der Waals surface area contributed by atoms with E-state index in [1.165, 1.54) is 17.7 Å². The topological polar surface area (TPSA) is 21.3 Å². The molecule has 2 rings (SSSR count). The molecule has 0 radical (unpaired) electrons. The van der Waals surface area contributed by atoms with Crippen LogP contribution in [0.1, 0.15) is 11.1 Å². The molecule has 0 saturated heterocycles. The van der Waals surface area contributed by atoms with Crippen LogP contribution in [-0.4, -0.2) is 13.6 Å². The van der Waals surface area contributed by atoms with Gasteiger partial charge in [-0.05, 0) is 84.6 Å². The summed E-state index contributed by atoms with van der Waals surface area (Å²) >= 11 is 2.16. The second kappa shape index (κ2) is 7.32. The predicted molar refractivity (Wildman–Crippen MR) is 88.3 cm³/mol. The normalized spacial score (nSPS) is 11.5. The van der Waals surface area contributed by atoms with Gasteiger partial charge in [-0.2, -0.15) is 13.2 Å². The van der Waals surface area contributed by atoms with Crippen molar-refractivity contribution in [3.05, 3.63) is 57.2 Å². The summed E-state index contributed by atoms with van der Waals surface area (Å²) in [6.07, 6.45) is -3.42. The van der Waals surface area contributed by atoms with Crippen LogP contribution in [0.3, 0.4) is 0 Å². The first-order chi connectivity index (χ1) is 10.4. The van der Waals surface area contributed by atoms with Gasteiger partial charge in [0.15, 0.2) is 0 Å². The van der Waals surface area contributed by atoms with Gasteiger partial charge in [-0.25, -0.2) is 0 Å². The average molecular weight is 421 g/mol. The molecule has 2 aromatic carbocycles. The van der Waals surface area contributed by atoms with Crippen LogP contribution in [-0.2, 0) is 12.6 Å². The number of ether oxygens (including phenoxy) is 1. The maximum absolute atomic E-state index is 12.5. The van der Waals surface area contributed by atoms with Gasteiger partial charge in [0.05, 0.1) is 9.13 Å². The Morgan fingerprint density at radius 3 is 2.32 bits per heavy atom. The van der Waals surface area contributed by atoms with E-state index in [0.29, 0.717) is 11.5 Å². The lowest BCUT2D eigenvalue weighted by atomic mass is 10.1. The molecule has 0 heterocycles. The molecule has 6 heteroatoms. The molecule has 0 aliphatic heterocycles. The van der Waals surface area contributed by atoms with Crippen molar-refractivity contribution in [2.24, 2.45) is 0 Å². The second-order valence-electron chi connectivity index (χ2n) is 4.74. The minimum atomic E-state index is -4.33. The third-order valence-corrected chi connectivity index (χ3v) is 3.91. The zero-order valence-corrected chi connectivity index (χ0v) is 14.0. The van der Waals surface area contributed by atoms with Crippen LogP contribution in [0.4, 0.5) is 13.2 Å². The summed E-state index contributed by atoms with van der Waals surface area (Å²) in [4.78, 5) is 0. The fraction of sp³-hybridized carbons (Fsp3) is 0.250. The monoisotopic (exact) mass is 421 g/mol. The highest BCUT2D eigenvalue weighted by Gasteiger charge is 2.30. The summed E-state index contributed by atoms with van der Waals surface area (Å²) in [5.74, 6) is 1.02. The van der Waals surface area contributed by atoms with Crippen LogP contribution < -0.4 is 10.1 Å². The number of rotatable bonds is 5. The first-order valence-corrected chi connectivity index (χ1v) is 7.76. The van der Waals surface area contributed by atoms with Gasteiger partial charge >= 0.3 is 6.18 Å². The standard InChI is InChI=1S/C16H15F3INO/c1-21-9-8-11-2-7-15(14(20)10-11)22-13-5-3-12(4-6-13)16(17,18)19/h2-7,10,21H,8-9H2,1H3. The van der Waals surface area contributed by atoms with Gasteiger partial charge in [0.25, 0.3) is 0 Å². The molecular weight excluding hydrogens is 406 g/mol. The Morgan fingerprint density at radius 1 is 1.09 bits per heavy atom. The fourth-order valence-corrected chi connectivity index (χ4v) is 2.58. The van der Waals surface area contributed by atoms with Crippen LogP contribution >= 0.6 is 22.6 Å². The lowest BCUT2D eigenvalue weighted by Gasteiger charge is -2.11. The Morgan fingerprint density at radius 2 is 1.77 bits per heavy atom. The largest absolute Gasteiger partial charge is 0.456 e. The van der Waals surface area contributed by atoms with Crippen molar-refractivity contribution in [2.45, 2.75) is 12.6 Å². The van der Waals surface area contributed by atoms with Crippen molar-refractivity contribution < 1.29 is 17.9 Å². The van der Waals surface area contributed by atoms with Crippen LogP contribution in [0, 0.1) is 3.57 Å². The fourth-order valence-electron chi connectivity index (χ4n) is 1.89. The summed E-state index contributed by atoms with van der Waals surface area (Å²) in [6, 6.07) is 10.5. The third kappa shape index (κ3) is 4.61. The van der Waals surface area contributed by atoms with Crippen molar-refractivity contribution in [1.82, 2.24) is 5.32 Å². The van der Waals surface area contributed by atoms with E-state index in [2.05, 4.69) is 27.9 Å². The number of benzene rings is 2. The summed E-state index contributed by atoms with van der Waals surface area (Å²) in [5.41, 5.74) is 0.496. The first-order valence-electron chi connectivity index (χ1n) is 6.68. The van der Waals surface area contributed by atoms with E-state index >= 15 is 0 Å². The zero-order valence-electron chi connectivity index (χ0n) is 11.9. The van der Waals surface area contributed by atoms with Gasteiger partial charge in [-0.3, -0.25) is 0 Å². The number of hydrogen-bond donors (Lipinski definition) is 1. The van der Waals surface area contributed by atoms with Crippen molar-refractivity contribution in [3.8, 4) is 11.5 Å². The molecule has 0 unspecified atom stereocenters. The van der Waals surface area contributed by atoms with E-state index in [-0.39, 0.29) is 0 Å². The predicted octanol–water partition coefficient (Wildman–Crippen LogP) is 4.86. The summed E-state index contributed by atoms with van der Waals surface area (Å²) in [5, 5.41) is 3.08.